The van der Waals surface area contributed by atoms with E-state index in [9.17, 15) is 33.9 Å². The second-order valence-corrected chi connectivity index (χ2v) is 20.2. The molecular weight excluding hydrogens is 923 g/mol. The number of methoxy groups -OCH3 is 2. The van der Waals surface area contributed by atoms with Crippen molar-refractivity contribution < 1.29 is 48.2 Å². The molecule has 3 rings (SSSR count). The van der Waals surface area contributed by atoms with Crippen LogP contribution in [-0.4, -0.2) is 158 Å². The average molecular weight is 1010 g/mol. The van der Waals surface area contributed by atoms with Crippen LogP contribution in [0.15, 0.2) is 54.6 Å². The maximum Gasteiger partial charge on any atom is 0.266 e. The molecule has 1 heterocycles. The van der Waals surface area contributed by atoms with Gasteiger partial charge in [0.1, 0.15) is 24.4 Å². The van der Waals surface area contributed by atoms with E-state index in [0.717, 1.165) is 18.4 Å². The minimum Gasteiger partial charge on any atom is -0.379 e. The van der Waals surface area contributed by atoms with Crippen molar-refractivity contribution in [2.24, 2.45) is 29.4 Å². The van der Waals surface area contributed by atoms with Crippen molar-refractivity contribution in [2.75, 3.05) is 53.8 Å². The Morgan fingerprint density at radius 2 is 1.46 bits per heavy atom. The lowest BCUT2D eigenvalue weighted by molar-refractivity contribution is -0.146. The summed E-state index contributed by atoms with van der Waals surface area (Å²) in [4.78, 5) is 91.5. The Morgan fingerprint density at radius 1 is 0.806 bits per heavy atom. The Balaban J connectivity index is 1.73. The number of amides is 6. The summed E-state index contributed by atoms with van der Waals surface area (Å²) in [6, 6.07) is 12.3. The molecule has 2 aromatic rings. The number of nitrogens with one attached hydrogen (secondary N) is 5. The van der Waals surface area contributed by atoms with E-state index in [1.54, 1.807) is 57.2 Å². The Kier molecular flexibility index (Phi) is 25.7. The van der Waals surface area contributed by atoms with Crippen molar-refractivity contribution in [1.82, 2.24) is 36.1 Å². The number of benzene rings is 2. The minimum absolute atomic E-state index is 0.0132. The normalized spacial score (nSPS) is 18.2. The molecule has 0 aromatic heterocycles. The van der Waals surface area contributed by atoms with Crippen LogP contribution in [-0.2, 0) is 56.1 Å². The monoisotopic (exact) mass is 1010 g/mol. The topological polar surface area (TPSA) is 246 Å². The van der Waals surface area contributed by atoms with Gasteiger partial charge in [0.15, 0.2) is 0 Å². The predicted molar refractivity (Wildman–Crippen MR) is 278 cm³/mol. The number of aliphatic hydroxyl groups is 1. The van der Waals surface area contributed by atoms with Gasteiger partial charge in [0.2, 0.25) is 29.5 Å². The smallest absolute Gasteiger partial charge is 0.266 e. The first-order valence-corrected chi connectivity index (χ1v) is 25.5. The summed E-state index contributed by atoms with van der Waals surface area (Å²) in [6.45, 7) is 15.9. The standard InChI is InChI=1S/C53H87N9O10/c1-14-34(6)47(61(11)53(69)45(32(2)3)58-52(68)46(33(4)5)60(9)10)42(70-12)30-44(64)62-28-18-21-41(62)48(71-13)35(7)49(65)57-40(29-37-19-16-15-17-20-37)51(67)59-72-31-38-22-24-39(25-23-38)56-50(66)36(8)55-43(63)26-27-54/h15-17,19-20,22-25,32-36,40-42,44-48,64H,14,18,21,26-31,54H2,1-13H3,(H,55,63)(H,56,66)(H,57,65)(H,58,68)(H,59,67)/t34-,35+,36+,40-,41-,42+,44?,45-,46-,47-,48+/m0/s1. The number of likely N-dealkylation sites (tertiary alicyclic amines) is 1. The molecule has 1 fully saturated rings. The maximum atomic E-state index is 14.4. The zero-order chi connectivity index (χ0) is 53.8. The van der Waals surface area contributed by atoms with Crippen LogP contribution in [0, 0.1) is 23.7 Å². The summed E-state index contributed by atoms with van der Waals surface area (Å²) in [5.41, 5.74) is 9.92. The number of hydroxylamine groups is 1. The summed E-state index contributed by atoms with van der Waals surface area (Å²) in [5, 5.41) is 23.4. The van der Waals surface area contributed by atoms with Gasteiger partial charge in [-0.1, -0.05) is 97.4 Å². The number of ether oxygens (including phenoxy) is 2. The maximum absolute atomic E-state index is 14.4. The molecule has 404 valence electrons. The third-order valence-electron chi connectivity index (χ3n) is 13.8. The predicted octanol–water partition coefficient (Wildman–Crippen LogP) is 3.19. The Hall–Kier alpha value is -5.02. The molecular formula is C53H87N9O10. The number of hydrogen-bond acceptors (Lipinski definition) is 13. The van der Waals surface area contributed by atoms with Crippen molar-refractivity contribution in [3.8, 4) is 0 Å². The third kappa shape index (κ3) is 17.9. The first kappa shape index (κ1) is 61.3. The summed E-state index contributed by atoms with van der Waals surface area (Å²) in [5.74, 6) is -3.12. The van der Waals surface area contributed by atoms with E-state index in [1.807, 2.05) is 88.8 Å². The van der Waals surface area contributed by atoms with Gasteiger partial charge in [-0.15, -0.1) is 0 Å². The first-order valence-electron chi connectivity index (χ1n) is 25.5. The van der Waals surface area contributed by atoms with Crippen molar-refractivity contribution in [3.05, 3.63) is 65.7 Å². The number of nitrogens with two attached hydrogens (primary N) is 1. The van der Waals surface area contributed by atoms with Crippen LogP contribution in [0.4, 0.5) is 5.69 Å². The molecule has 2 aromatic carbocycles. The molecule has 0 spiro atoms. The van der Waals surface area contributed by atoms with Gasteiger partial charge in [0, 0.05) is 65.3 Å². The van der Waals surface area contributed by atoms with E-state index >= 15 is 0 Å². The number of rotatable bonds is 30. The number of aliphatic hydroxyl groups excluding tert-OH is 1. The molecule has 8 N–H and O–H groups in total. The largest absolute Gasteiger partial charge is 0.379 e. The number of hydrogen-bond donors (Lipinski definition) is 7. The lowest BCUT2D eigenvalue weighted by atomic mass is 9.89. The summed E-state index contributed by atoms with van der Waals surface area (Å²) in [6.07, 6.45) is 0.258. The number of carbonyl (C=O) groups excluding carboxylic acids is 6. The number of likely N-dealkylation sites (N-methyl/N-ethyl adjacent to an activating group) is 2. The van der Waals surface area contributed by atoms with Gasteiger partial charge >= 0.3 is 0 Å². The number of carbonyl (C=O) groups is 6. The zero-order valence-corrected chi connectivity index (χ0v) is 45.1. The van der Waals surface area contributed by atoms with Crippen LogP contribution in [0.3, 0.4) is 0 Å². The fourth-order valence-electron chi connectivity index (χ4n) is 9.66. The summed E-state index contributed by atoms with van der Waals surface area (Å²) < 4.78 is 12.2. The second kappa shape index (κ2) is 30.2. The molecule has 11 atom stereocenters. The van der Waals surface area contributed by atoms with Crippen molar-refractivity contribution >= 4 is 41.1 Å². The second-order valence-electron chi connectivity index (χ2n) is 20.2. The van der Waals surface area contributed by atoms with Crippen LogP contribution >= 0.6 is 0 Å². The quantitative estimate of drug-likeness (QED) is 0.0557. The van der Waals surface area contributed by atoms with Crippen LogP contribution in [0.1, 0.15) is 98.6 Å². The zero-order valence-electron chi connectivity index (χ0n) is 45.1. The van der Waals surface area contributed by atoms with E-state index in [2.05, 4.69) is 33.7 Å². The van der Waals surface area contributed by atoms with Crippen molar-refractivity contribution in [2.45, 2.75) is 155 Å². The first-order chi connectivity index (χ1) is 34.1. The van der Waals surface area contributed by atoms with Gasteiger partial charge < -0.3 is 46.5 Å². The fraction of sp³-hybridized carbons (Fsp3) is 0.660. The van der Waals surface area contributed by atoms with Crippen LogP contribution in [0.5, 0.6) is 0 Å². The van der Waals surface area contributed by atoms with Gasteiger partial charge in [0.05, 0.1) is 36.8 Å². The van der Waals surface area contributed by atoms with Crippen LogP contribution in [0.25, 0.3) is 0 Å². The van der Waals surface area contributed by atoms with Crippen LogP contribution in [0.2, 0.25) is 0 Å². The number of nitrogens with zero attached hydrogens (tertiary/aromatic N) is 3. The molecule has 1 saturated heterocycles. The highest BCUT2D eigenvalue weighted by molar-refractivity contribution is 5.97. The highest BCUT2D eigenvalue weighted by Crippen LogP contribution is 2.31. The third-order valence-corrected chi connectivity index (χ3v) is 13.8. The van der Waals surface area contributed by atoms with Crippen molar-refractivity contribution in [1.29, 1.82) is 0 Å². The fourth-order valence-corrected chi connectivity index (χ4v) is 9.66. The minimum atomic E-state index is -1.03. The van der Waals surface area contributed by atoms with E-state index in [-0.39, 0.29) is 73.9 Å². The highest BCUT2D eigenvalue weighted by atomic mass is 16.7. The Morgan fingerprint density at radius 3 is 2.01 bits per heavy atom. The highest BCUT2D eigenvalue weighted by Gasteiger charge is 2.44. The molecule has 19 nitrogen and oxygen atoms in total. The lowest BCUT2D eigenvalue weighted by Gasteiger charge is -2.42. The summed E-state index contributed by atoms with van der Waals surface area (Å²) in [7, 11) is 8.56. The van der Waals surface area contributed by atoms with E-state index in [4.69, 9.17) is 20.0 Å². The van der Waals surface area contributed by atoms with Gasteiger partial charge in [-0.2, -0.15) is 0 Å². The molecule has 0 bridgehead atoms. The van der Waals surface area contributed by atoms with Gasteiger partial charge in [0.25, 0.3) is 5.91 Å². The average Bonchev–Trinajstić information content (AvgIpc) is 3.82. The summed E-state index contributed by atoms with van der Waals surface area (Å²) >= 11 is 0. The van der Waals surface area contributed by atoms with Gasteiger partial charge in [-0.25, -0.2) is 5.48 Å². The number of anilines is 1. The molecule has 1 aliphatic rings. The van der Waals surface area contributed by atoms with Gasteiger partial charge in [-0.05, 0) is 74.9 Å². The molecule has 72 heavy (non-hydrogen) atoms. The SMILES string of the molecule is CC[C@H](C)[C@@H]([C@@H](CC(O)N1CCC[C@H]1[C@H](OC)[C@@H](C)C(=O)N[C@@H](Cc1ccccc1)C(=O)NOCc1ccc(NC(=O)[C@@H](C)NC(=O)CCN)cc1)OC)N(C)C(=O)[C@@H](NC(=O)[C@H](C(C)C)N(C)C)C(C)C. The van der Waals surface area contributed by atoms with Crippen molar-refractivity contribution in [3.63, 3.8) is 0 Å². The molecule has 1 aliphatic heterocycles. The molecule has 0 aliphatic carbocycles. The molecule has 19 heteroatoms. The molecule has 0 radical (unpaired) electrons. The molecule has 1 unspecified atom stereocenters. The molecule has 0 saturated carbocycles. The van der Waals surface area contributed by atoms with Crippen LogP contribution < -0.4 is 32.5 Å². The van der Waals surface area contributed by atoms with E-state index < -0.39 is 72.3 Å². The Labute approximate surface area is 428 Å². The lowest BCUT2D eigenvalue weighted by Crippen LogP contribution is -2.60. The van der Waals surface area contributed by atoms with E-state index in [0.29, 0.717) is 24.2 Å². The van der Waals surface area contributed by atoms with Gasteiger partial charge in [-0.3, -0.25) is 43.4 Å². The van der Waals surface area contributed by atoms with E-state index in [1.165, 1.54) is 7.11 Å². The molecule has 6 amide bonds. The Bertz CT molecular complexity index is 2000.